The number of hydrogen-bond acceptors (Lipinski definition) is 3. The van der Waals surface area contributed by atoms with E-state index in [1.165, 1.54) is 7.11 Å². The summed E-state index contributed by atoms with van der Waals surface area (Å²) >= 11 is 0. The quantitative estimate of drug-likeness (QED) is 0.775. The first-order chi connectivity index (χ1) is 8.86. The summed E-state index contributed by atoms with van der Waals surface area (Å²) in [7, 11) is 1.52. The summed E-state index contributed by atoms with van der Waals surface area (Å²) in [5.74, 6) is -1.49. The third-order valence-electron chi connectivity index (χ3n) is 2.58. The molecule has 1 rings (SSSR count). The first-order valence-corrected chi connectivity index (χ1v) is 5.77. The minimum atomic E-state index is -4.95. The molecule has 0 saturated carbocycles. The van der Waals surface area contributed by atoms with Crippen molar-refractivity contribution in [1.29, 1.82) is 0 Å². The second kappa shape index (κ2) is 6.45. The fourth-order valence-corrected chi connectivity index (χ4v) is 1.51. The summed E-state index contributed by atoms with van der Waals surface area (Å²) < 4.78 is 45.7. The molecule has 0 aromatic heterocycles. The van der Waals surface area contributed by atoms with Gasteiger partial charge in [-0.15, -0.1) is 0 Å². The van der Waals surface area contributed by atoms with E-state index in [2.05, 4.69) is 4.74 Å². The molecule has 0 heterocycles. The standard InChI is InChI=1S/C13H15F3O3/c1-3-10(19-12(17)13(14,15)16)8-9-4-6-11(18-2)7-5-9/h4-7,10H,3,8H2,1-2H3. The number of esters is 1. The largest absolute Gasteiger partial charge is 0.497 e. The molecule has 1 aromatic carbocycles. The number of ether oxygens (including phenoxy) is 2. The van der Waals surface area contributed by atoms with Gasteiger partial charge in [-0.25, -0.2) is 4.79 Å². The van der Waals surface area contributed by atoms with Gasteiger partial charge in [-0.1, -0.05) is 19.1 Å². The number of alkyl halides is 3. The molecule has 0 bridgehead atoms. The minimum Gasteiger partial charge on any atom is -0.497 e. The number of hydrogen-bond donors (Lipinski definition) is 0. The third-order valence-corrected chi connectivity index (χ3v) is 2.58. The summed E-state index contributed by atoms with van der Waals surface area (Å²) in [6.45, 7) is 1.66. The normalized spacial score (nSPS) is 12.9. The Bertz CT molecular complexity index is 412. The zero-order valence-corrected chi connectivity index (χ0v) is 10.7. The van der Waals surface area contributed by atoms with Crippen LogP contribution in [0, 0.1) is 0 Å². The van der Waals surface area contributed by atoms with Crippen LogP contribution >= 0.6 is 0 Å². The highest BCUT2D eigenvalue weighted by molar-refractivity contribution is 5.75. The maximum Gasteiger partial charge on any atom is 0.490 e. The van der Waals surface area contributed by atoms with E-state index in [1.54, 1.807) is 31.2 Å². The molecule has 0 aliphatic carbocycles. The van der Waals surface area contributed by atoms with Crippen LogP contribution in [0.15, 0.2) is 24.3 Å². The maximum absolute atomic E-state index is 12.1. The van der Waals surface area contributed by atoms with Crippen molar-refractivity contribution in [3.63, 3.8) is 0 Å². The monoisotopic (exact) mass is 276 g/mol. The Kier molecular flexibility index (Phi) is 5.20. The zero-order chi connectivity index (χ0) is 14.5. The molecular formula is C13H15F3O3. The molecule has 0 N–H and O–H groups in total. The zero-order valence-electron chi connectivity index (χ0n) is 10.7. The van der Waals surface area contributed by atoms with Crippen LogP contribution in [0.4, 0.5) is 13.2 Å². The Hall–Kier alpha value is -1.72. The number of methoxy groups -OCH3 is 1. The maximum atomic E-state index is 12.1. The highest BCUT2D eigenvalue weighted by Crippen LogP contribution is 2.20. The Morgan fingerprint density at radius 1 is 1.26 bits per heavy atom. The number of rotatable bonds is 5. The van der Waals surface area contributed by atoms with Crippen LogP contribution in [0.3, 0.4) is 0 Å². The van der Waals surface area contributed by atoms with Crippen LogP contribution in [-0.2, 0) is 16.0 Å². The van der Waals surface area contributed by atoms with Gasteiger partial charge in [-0.3, -0.25) is 0 Å². The fraction of sp³-hybridized carbons (Fsp3) is 0.462. The Morgan fingerprint density at radius 2 is 1.84 bits per heavy atom. The molecule has 0 amide bonds. The predicted octanol–water partition coefficient (Wildman–Crippen LogP) is 3.12. The number of benzene rings is 1. The van der Waals surface area contributed by atoms with Crippen molar-refractivity contribution >= 4 is 5.97 Å². The van der Waals surface area contributed by atoms with E-state index in [1.807, 2.05) is 0 Å². The van der Waals surface area contributed by atoms with Gasteiger partial charge in [0.2, 0.25) is 0 Å². The van der Waals surface area contributed by atoms with Gasteiger partial charge in [0, 0.05) is 6.42 Å². The molecule has 1 atom stereocenters. The Balaban J connectivity index is 2.63. The van der Waals surface area contributed by atoms with E-state index in [0.717, 1.165) is 5.56 Å². The summed E-state index contributed by atoms with van der Waals surface area (Å²) in [6.07, 6.45) is -5.19. The second-order valence-corrected chi connectivity index (χ2v) is 3.99. The van der Waals surface area contributed by atoms with Crippen LogP contribution < -0.4 is 4.74 Å². The lowest BCUT2D eigenvalue weighted by atomic mass is 10.1. The van der Waals surface area contributed by atoms with E-state index < -0.39 is 18.2 Å². The Labute approximate surface area is 109 Å². The summed E-state index contributed by atoms with van der Waals surface area (Å²) in [6, 6.07) is 6.85. The molecule has 0 fully saturated rings. The first kappa shape index (κ1) is 15.3. The Morgan fingerprint density at radius 3 is 2.26 bits per heavy atom. The molecule has 1 aromatic rings. The van der Waals surface area contributed by atoms with Gasteiger partial charge in [0.25, 0.3) is 0 Å². The first-order valence-electron chi connectivity index (χ1n) is 5.77. The molecule has 3 nitrogen and oxygen atoms in total. The fourth-order valence-electron chi connectivity index (χ4n) is 1.51. The number of carbonyl (C=O) groups is 1. The predicted molar refractivity (Wildman–Crippen MR) is 62.9 cm³/mol. The summed E-state index contributed by atoms with van der Waals surface area (Å²) in [4.78, 5) is 10.8. The van der Waals surface area contributed by atoms with E-state index in [0.29, 0.717) is 12.2 Å². The van der Waals surface area contributed by atoms with E-state index in [4.69, 9.17) is 4.74 Å². The lowest BCUT2D eigenvalue weighted by Crippen LogP contribution is -2.30. The highest BCUT2D eigenvalue weighted by atomic mass is 19.4. The molecule has 6 heteroatoms. The van der Waals surface area contributed by atoms with Gasteiger partial charge in [-0.2, -0.15) is 13.2 Å². The van der Waals surface area contributed by atoms with Crippen LogP contribution in [0.1, 0.15) is 18.9 Å². The molecule has 1 unspecified atom stereocenters. The molecular weight excluding hydrogens is 261 g/mol. The molecule has 19 heavy (non-hydrogen) atoms. The lowest BCUT2D eigenvalue weighted by molar-refractivity contribution is -0.204. The van der Waals surface area contributed by atoms with Crippen molar-refractivity contribution in [2.24, 2.45) is 0 Å². The molecule has 0 saturated heterocycles. The van der Waals surface area contributed by atoms with Crippen LogP contribution in [0.5, 0.6) is 5.75 Å². The minimum absolute atomic E-state index is 0.238. The van der Waals surface area contributed by atoms with Gasteiger partial charge in [0.15, 0.2) is 0 Å². The number of carbonyl (C=O) groups excluding carboxylic acids is 1. The molecule has 0 spiro atoms. The smallest absolute Gasteiger partial charge is 0.490 e. The highest BCUT2D eigenvalue weighted by Gasteiger charge is 2.42. The van der Waals surface area contributed by atoms with Crippen molar-refractivity contribution in [1.82, 2.24) is 0 Å². The van der Waals surface area contributed by atoms with Gasteiger partial charge >= 0.3 is 12.1 Å². The van der Waals surface area contributed by atoms with Crippen LogP contribution in [-0.4, -0.2) is 25.4 Å². The van der Waals surface area contributed by atoms with Gasteiger partial charge in [0.1, 0.15) is 11.9 Å². The lowest BCUT2D eigenvalue weighted by Gasteiger charge is -2.17. The van der Waals surface area contributed by atoms with Crippen LogP contribution in [0.25, 0.3) is 0 Å². The SMILES string of the molecule is CCC(Cc1ccc(OC)cc1)OC(=O)C(F)(F)F. The average molecular weight is 276 g/mol. The van der Waals surface area contributed by atoms with Crippen molar-refractivity contribution in [3.8, 4) is 5.75 Å². The van der Waals surface area contributed by atoms with Crippen molar-refractivity contribution in [2.45, 2.75) is 32.0 Å². The molecule has 0 aliphatic heterocycles. The average Bonchev–Trinajstić information content (AvgIpc) is 2.37. The second-order valence-electron chi connectivity index (χ2n) is 3.99. The summed E-state index contributed by atoms with van der Waals surface area (Å²) in [5, 5.41) is 0. The van der Waals surface area contributed by atoms with Gasteiger partial charge < -0.3 is 9.47 Å². The van der Waals surface area contributed by atoms with Gasteiger partial charge in [-0.05, 0) is 24.1 Å². The van der Waals surface area contributed by atoms with Crippen LogP contribution in [0.2, 0.25) is 0 Å². The van der Waals surface area contributed by atoms with Crippen molar-refractivity contribution in [3.05, 3.63) is 29.8 Å². The topological polar surface area (TPSA) is 35.5 Å². The van der Waals surface area contributed by atoms with Gasteiger partial charge in [0.05, 0.1) is 7.11 Å². The van der Waals surface area contributed by atoms with Crippen molar-refractivity contribution < 1.29 is 27.4 Å². The molecule has 0 radical (unpaired) electrons. The van der Waals surface area contributed by atoms with E-state index in [-0.39, 0.29) is 6.42 Å². The molecule has 106 valence electrons. The van der Waals surface area contributed by atoms with E-state index in [9.17, 15) is 18.0 Å². The van der Waals surface area contributed by atoms with Crippen molar-refractivity contribution in [2.75, 3.05) is 7.11 Å². The van der Waals surface area contributed by atoms with E-state index >= 15 is 0 Å². The number of halogens is 3. The molecule has 0 aliphatic rings. The summed E-state index contributed by atoms with van der Waals surface area (Å²) in [5.41, 5.74) is 0.780. The third kappa shape index (κ3) is 4.81.